The van der Waals surface area contributed by atoms with E-state index in [9.17, 15) is 14.4 Å². The van der Waals surface area contributed by atoms with Crippen LogP contribution in [-0.2, 0) is 14.3 Å². The molecule has 0 saturated carbocycles. The highest BCUT2D eigenvalue weighted by atomic mass is 16.6. The molecule has 1 amide bonds. The molecule has 0 spiro atoms. The third-order valence-corrected chi connectivity index (χ3v) is 6.80. The van der Waals surface area contributed by atoms with Gasteiger partial charge in [0, 0.05) is 35.5 Å². The van der Waals surface area contributed by atoms with E-state index in [2.05, 4.69) is 44.4 Å². The quantitative estimate of drug-likeness (QED) is 0.154. The summed E-state index contributed by atoms with van der Waals surface area (Å²) >= 11 is 0. The maximum atomic E-state index is 13.3. The number of hydrogen-bond donors (Lipinski definition) is 2. The second-order valence-corrected chi connectivity index (χ2v) is 16.4. The Morgan fingerprint density at radius 2 is 1.07 bits per heavy atom. The summed E-state index contributed by atoms with van der Waals surface area (Å²) < 4.78 is 5.44. The Hall–Kier alpha value is -1.73. The van der Waals surface area contributed by atoms with Gasteiger partial charge in [0.1, 0.15) is 6.61 Å². The summed E-state index contributed by atoms with van der Waals surface area (Å²) in [4.78, 5) is 40.6. The van der Waals surface area contributed by atoms with E-state index in [-0.39, 0.29) is 41.2 Å². The molecule has 0 aliphatic rings. The number of carbonyl (C=O) groups excluding carboxylic acids is 3. The Balaban J connectivity index is 4.66. The fraction of sp³-hybridized carbons (Fsp3) is 0.853. The number of nitrogens with zero attached hydrogens (tertiary/aromatic N) is 1. The maximum Gasteiger partial charge on any atom is 0.409 e. The van der Waals surface area contributed by atoms with Gasteiger partial charge in [-0.25, -0.2) is 4.79 Å². The number of Topliss-reactive ketones (excluding diaryl/α,β-unsaturated/α-hetero) is 2. The van der Waals surface area contributed by atoms with Crippen LogP contribution in [0.25, 0.3) is 0 Å². The molecule has 240 valence electrons. The summed E-state index contributed by atoms with van der Waals surface area (Å²) in [6.45, 7) is 28.4. The highest BCUT2D eigenvalue weighted by Crippen LogP contribution is 2.29. The topological polar surface area (TPSA) is 87.7 Å². The second kappa shape index (κ2) is 15.1. The number of amides is 1. The monoisotopic (exact) mass is 579 g/mol. The van der Waals surface area contributed by atoms with Crippen LogP contribution in [0.1, 0.15) is 135 Å². The molecule has 0 aliphatic carbocycles. The Bertz CT molecular complexity index is 884. The minimum Gasteiger partial charge on any atom is -0.445 e. The second-order valence-electron chi connectivity index (χ2n) is 16.4. The number of carbonyl (C=O) groups is 3. The van der Waals surface area contributed by atoms with Gasteiger partial charge in [-0.2, -0.15) is 0 Å². The van der Waals surface area contributed by atoms with Gasteiger partial charge in [0.15, 0.2) is 11.6 Å². The molecule has 0 aliphatic heterocycles. The molecule has 0 rings (SSSR count). The molecule has 0 aromatic heterocycles. The fourth-order valence-electron chi connectivity index (χ4n) is 5.76. The number of hydrogen-bond acceptors (Lipinski definition) is 6. The predicted molar refractivity (Wildman–Crippen MR) is 172 cm³/mol. The summed E-state index contributed by atoms with van der Waals surface area (Å²) in [7, 11) is 1.67. The van der Waals surface area contributed by atoms with Crippen molar-refractivity contribution in [2.75, 3.05) is 20.2 Å². The van der Waals surface area contributed by atoms with E-state index in [1.54, 1.807) is 7.05 Å². The van der Waals surface area contributed by atoms with E-state index in [0.29, 0.717) is 0 Å². The van der Waals surface area contributed by atoms with Crippen LogP contribution < -0.4 is 10.6 Å². The zero-order valence-electron chi connectivity index (χ0n) is 29.4. The van der Waals surface area contributed by atoms with Gasteiger partial charge in [-0.15, -0.1) is 0 Å². The van der Waals surface area contributed by atoms with Gasteiger partial charge in [0.25, 0.3) is 0 Å². The lowest BCUT2D eigenvalue weighted by atomic mass is 9.75. The lowest BCUT2D eigenvalue weighted by molar-refractivity contribution is -0.134. The first-order valence-electron chi connectivity index (χ1n) is 15.4. The van der Waals surface area contributed by atoms with E-state index in [0.717, 1.165) is 38.5 Å². The molecule has 0 unspecified atom stereocenters. The van der Waals surface area contributed by atoms with Crippen LogP contribution in [0.5, 0.6) is 0 Å². The smallest absolute Gasteiger partial charge is 0.409 e. The number of allylic oxidation sites excluding steroid dienone is 1. The van der Waals surface area contributed by atoms with Crippen LogP contribution >= 0.6 is 0 Å². The number of nitrogens with one attached hydrogen (secondary N) is 2. The Kier molecular flexibility index (Phi) is 14.5. The molecule has 0 fully saturated rings. The van der Waals surface area contributed by atoms with Crippen LogP contribution in [0.4, 0.5) is 4.79 Å². The van der Waals surface area contributed by atoms with E-state index < -0.39 is 22.6 Å². The van der Waals surface area contributed by atoms with Crippen molar-refractivity contribution < 1.29 is 19.1 Å². The van der Waals surface area contributed by atoms with Gasteiger partial charge < -0.3 is 15.0 Å². The zero-order valence-corrected chi connectivity index (χ0v) is 29.4. The van der Waals surface area contributed by atoms with Crippen molar-refractivity contribution in [3.8, 4) is 0 Å². The van der Waals surface area contributed by atoms with Gasteiger partial charge in [-0.3, -0.25) is 14.9 Å². The first-order valence-corrected chi connectivity index (χ1v) is 15.4. The minimum absolute atomic E-state index is 0.0513. The molecular formula is C34H65N3O4. The summed E-state index contributed by atoms with van der Waals surface area (Å²) in [6.07, 6.45) is 9.42. The molecule has 0 aromatic rings. The average Bonchev–Trinajstić information content (AvgIpc) is 2.75. The van der Waals surface area contributed by atoms with E-state index in [1.807, 2.05) is 75.3 Å². The summed E-state index contributed by atoms with van der Waals surface area (Å²) in [5.41, 5.74) is -2.80. The standard InChI is InChI=1S/C34H65N3O4/c1-29(2,3)26(38)33(13,35-31(7,8)9)23-21-19-17-16-18-20-22-24-41-28(40)37(15)25-34(14,36-32(10,11)12)27(39)30(4,5)6/h20,22,35-36H,16-19,21,23-25H2,1-15H3/b22-20+/t33-,34+/m1/s1. The molecule has 0 heterocycles. The minimum atomic E-state index is -0.902. The van der Waals surface area contributed by atoms with Gasteiger partial charge in [0.2, 0.25) is 0 Å². The van der Waals surface area contributed by atoms with E-state index in [1.165, 1.54) is 4.90 Å². The highest BCUT2D eigenvalue weighted by molar-refractivity contribution is 5.93. The molecule has 0 bridgehead atoms. The number of likely N-dealkylation sites (N-methyl/N-ethyl adjacent to an activating group) is 1. The lowest BCUT2D eigenvalue weighted by Gasteiger charge is -2.41. The Morgan fingerprint density at radius 3 is 1.54 bits per heavy atom. The Labute approximate surface area is 253 Å². The van der Waals surface area contributed by atoms with Crippen LogP contribution in [0, 0.1) is 10.8 Å². The number of unbranched alkanes of at least 4 members (excludes halogenated alkanes) is 4. The number of ether oxygens (including phenoxy) is 1. The lowest BCUT2D eigenvalue weighted by Crippen LogP contribution is -2.64. The van der Waals surface area contributed by atoms with Gasteiger partial charge >= 0.3 is 6.09 Å². The van der Waals surface area contributed by atoms with Crippen molar-refractivity contribution in [3.05, 3.63) is 12.2 Å². The molecule has 2 atom stereocenters. The van der Waals surface area contributed by atoms with Crippen molar-refractivity contribution in [2.45, 2.75) is 158 Å². The SMILES string of the molecule is CN(C[C@](C)(NC(C)(C)C)C(=O)C(C)(C)C)C(=O)OC/C=C/CCCCCC[C@@](C)(NC(C)(C)C)C(=O)C(C)(C)C. The fourth-order valence-corrected chi connectivity index (χ4v) is 5.76. The van der Waals surface area contributed by atoms with Crippen LogP contribution in [0.15, 0.2) is 12.2 Å². The average molecular weight is 580 g/mol. The first-order chi connectivity index (χ1) is 18.2. The summed E-state index contributed by atoms with van der Waals surface area (Å²) in [5, 5.41) is 7.02. The molecule has 0 saturated heterocycles. The Morgan fingerprint density at radius 1 is 0.634 bits per heavy atom. The van der Waals surface area contributed by atoms with Crippen molar-refractivity contribution in [1.29, 1.82) is 0 Å². The summed E-state index contributed by atoms with van der Waals surface area (Å²) in [5.74, 6) is 0.314. The van der Waals surface area contributed by atoms with Gasteiger partial charge in [-0.1, -0.05) is 73.0 Å². The molecule has 0 radical (unpaired) electrons. The third kappa shape index (κ3) is 15.3. The molecular weight excluding hydrogens is 514 g/mol. The van der Waals surface area contributed by atoms with Crippen LogP contribution in [-0.4, -0.2) is 64.9 Å². The predicted octanol–water partition coefficient (Wildman–Crippen LogP) is 7.48. The molecule has 7 nitrogen and oxygen atoms in total. The van der Waals surface area contributed by atoms with Crippen LogP contribution in [0.2, 0.25) is 0 Å². The van der Waals surface area contributed by atoms with Gasteiger partial charge in [-0.05, 0) is 74.7 Å². The van der Waals surface area contributed by atoms with E-state index in [4.69, 9.17) is 4.74 Å². The normalized spacial score (nSPS) is 16.3. The molecule has 41 heavy (non-hydrogen) atoms. The van der Waals surface area contributed by atoms with Crippen molar-refractivity contribution in [3.63, 3.8) is 0 Å². The maximum absolute atomic E-state index is 13.3. The highest BCUT2D eigenvalue weighted by Gasteiger charge is 2.44. The summed E-state index contributed by atoms with van der Waals surface area (Å²) in [6, 6.07) is 0. The largest absolute Gasteiger partial charge is 0.445 e. The third-order valence-electron chi connectivity index (χ3n) is 6.80. The number of ketones is 2. The number of rotatable bonds is 15. The first kappa shape index (κ1) is 39.3. The zero-order chi connectivity index (χ0) is 32.5. The van der Waals surface area contributed by atoms with Crippen molar-refractivity contribution >= 4 is 17.7 Å². The molecule has 0 aromatic carbocycles. The van der Waals surface area contributed by atoms with E-state index >= 15 is 0 Å². The van der Waals surface area contributed by atoms with Gasteiger partial charge in [0.05, 0.1) is 11.1 Å². The van der Waals surface area contributed by atoms with Crippen molar-refractivity contribution in [1.82, 2.24) is 15.5 Å². The molecule has 7 heteroatoms. The van der Waals surface area contributed by atoms with Crippen LogP contribution in [0.3, 0.4) is 0 Å². The molecule has 2 N–H and O–H groups in total. The van der Waals surface area contributed by atoms with Crippen molar-refractivity contribution in [2.24, 2.45) is 10.8 Å².